The predicted octanol–water partition coefficient (Wildman–Crippen LogP) is 4.56. The van der Waals surface area contributed by atoms with Gasteiger partial charge in [0.1, 0.15) is 23.3 Å². The minimum atomic E-state index is -4.73. The molecule has 3 nitrogen and oxygen atoms in total. The number of rotatable bonds is 3. The van der Waals surface area contributed by atoms with Crippen molar-refractivity contribution in [3.8, 4) is 23.3 Å². The first kappa shape index (κ1) is 14.7. The lowest BCUT2D eigenvalue weighted by atomic mass is 10.1. The van der Waals surface area contributed by atoms with E-state index in [1.54, 1.807) is 25.1 Å². The zero-order valence-corrected chi connectivity index (χ0v) is 10.9. The molecule has 0 aliphatic carbocycles. The van der Waals surface area contributed by atoms with Gasteiger partial charge in [-0.05, 0) is 42.8 Å². The number of nitriles is 1. The summed E-state index contributed by atoms with van der Waals surface area (Å²) in [6.07, 6.45) is -4.73. The van der Waals surface area contributed by atoms with Crippen LogP contribution in [0.25, 0.3) is 0 Å². The van der Waals surface area contributed by atoms with E-state index in [0.29, 0.717) is 17.1 Å². The van der Waals surface area contributed by atoms with Gasteiger partial charge in [0, 0.05) is 0 Å². The largest absolute Gasteiger partial charge is 0.573 e. The molecule has 2 aromatic carbocycles. The highest BCUT2D eigenvalue weighted by Crippen LogP contribution is 2.29. The minimum absolute atomic E-state index is 0.312. The van der Waals surface area contributed by atoms with Gasteiger partial charge in [-0.25, -0.2) is 0 Å². The van der Waals surface area contributed by atoms with Crippen molar-refractivity contribution in [3.63, 3.8) is 0 Å². The minimum Gasteiger partial charge on any atom is -0.456 e. The van der Waals surface area contributed by atoms with Crippen molar-refractivity contribution in [1.82, 2.24) is 0 Å². The maximum Gasteiger partial charge on any atom is 0.573 e. The summed E-state index contributed by atoms with van der Waals surface area (Å²) >= 11 is 0. The van der Waals surface area contributed by atoms with Crippen LogP contribution in [0.2, 0.25) is 0 Å². The Bertz CT molecular complexity index is 673. The van der Waals surface area contributed by atoms with Gasteiger partial charge in [-0.2, -0.15) is 5.26 Å². The lowest BCUT2D eigenvalue weighted by Gasteiger charge is -2.11. The summed E-state index contributed by atoms with van der Waals surface area (Å²) in [5.74, 6) is 0.327. The van der Waals surface area contributed by atoms with Gasteiger partial charge in [0.25, 0.3) is 0 Å². The van der Waals surface area contributed by atoms with Crippen molar-refractivity contribution in [3.05, 3.63) is 53.6 Å². The second kappa shape index (κ2) is 5.75. The molecule has 0 radical (unpaired) electrons. The molecule has 2 rings (SSSR count). The molecule has 21 heavy (non-hydrogen) atoms. The topological polar surface area (TPSA) is 42.2 Å². The van der Waals surface area contributed by atoms with Gasteiger partial charge in [0.05, 0.1) is 5.56 Å². The summed E-state index contributed by atoms with van der Waals surface area (Å²) < 4.78 is 45.4. The first-order valence-corrected chi connectivity index (χ1v) is 5.92. The molecule has 0 aromatic heterocycles. The molecule has 0 saturated carbocycles. The van der Waals surface area contributed by atoms with Crippen LogP contribution in [-0.2, 0) is 0 Å². The van der Waals surface area contributed by atoms with Crippen LogP contribution in [0.4, 0.5) is 13.2 Å². The van der Waals surface area contributed by atoms with Crippen molar-refractivity contribution in [2.24, 2.45) is 0 Å². The van der Waals surface area contributed by atoms with Gasteiger partial charge in [-0.3, -0.25) is 0 Å². The maximum absolute atomic E-state index is 12.0. The van der Waals surface area contributed by atoms with Crippen molar-refractivity contribution in [2.75, 3.05) is 0 Å². The Morgan fingerprint density at radius 3 is 2.19 bits per heavy atom. The summed E-state index contributed by atoms with van der Waals surface area (Å²) in [6.45, 7) is 1.77. The maximum atomic E-state index is 12.0. The first-order valence-electron chi connectivity index (χ1n) is 5.92. The Labute approximate surface area is 119 Å². The molecular weight excluding hydrogens is 283 g/mol. The van der Waals surface area contributed by atoms with Crippen LogP contribution in [0.5, 0.6) is 17.2 Å². The average Bonchev–Trinajstić information content (AvgIpc) is 2.40. The summed E-state index contributed by atoms with van der Waals surface area (Å²) in [4.78, 5) is 0. The summed E-state index contributed by atoms with van der Waals surface area (Å²) in [5.41, 5.74) is 1.14. The Kier molecular flexibility index (Phi) is 4.03. The van der Waals surface area contributed by atoms with Crippen molar-refractivity contribution in [2.45, 2.75) is 13.3 Å². The van der Waals surface area contributed by atoms with E-state index in [9.17, 15) is 13.2 Å². The molecule has 0 aliphatic heterocycles. The van der Waals surface area contributed by atoms with Crippen LogP contribution in [-0.4, -0.2) is 6.36 Å². The van der Waals surface area contributed by atoms with E-state index in [-0.39, 0.29) is 5.75 Å². The Morgan fingerprint density at radius 1 is 1.00 bits per heavy atom. The Balaban J connectivity index is 2.18. The highest BCUT2D eigenvalue weighted by Gasteiger charge is 2.30. The molecule has 0 N–H and O–H groups in total. The molecule has 108 valence electrons. The zero-order chi connectivity index (χ0) is 15.5. The van der Waals surface area contributed by atoms with E-state index >= 15 is 0 Å². The van der Waals surface area contributed by atoms with Crippen LogP contribution in [0.3, 0.4) is 0 Å². The summed E-state index contributed by atoms with van der Waals surface area (Å²) in [6, 6.07) is 12.1. The fourth-order valence-corrected chi connectivity index (χ4v) is 1.71. The molecule has 6 heteroatoms. The molecule has 0 bridgehead atoms. The van der Waals surface area contributed by atoms with E-state index < -0.39 is 6.36 Å². The SMILES string of the molecule is Cc1cccc(Oc2ccc(OC(F)(F)F)cc2)c1C#N. The monoisotopic (exact) mass is 293 g/mol. The van der Waals surface area contributed by atoms with Crippen LogP contribution >= 0.6 is 0 Å². The van der Waals surface area contributed by atoms with Crippen LogP contribution < -0.4 is 9.47 Å². The number of ether oxygens (including phenoxy) is 2. The molecule has 0 fully saturated rings. The van der Waals surface area contributed by atoms with Crippen LogP contribution in [0.15, 0.2) is 42.5 Å². The zero-order valence-electron chi connectivity index (χ0n) is 10.9. The van der Waals surface area contributed by atoms with E-state index in [2.05, 4.69) is 4.74 Å². The number of halogens is 3. The normalized spacial score (nSPS) is 10.8. The third-order valence-electron chi connectivity index (χ3n) is 2.63. The number of hydrogen-bond donors (Lipinski definition) is 0. The number of hydrogen-bond acceptors (Lipinski definition) is 3. The van der Waals surface area contributed by atoms with Crippen LogP contribution in [0.1, 0.15) is 11.1 Å². The average molecular weight is 293 g/mol. The molecule has 0 saturated heterocycles. The molecule has 0 atom stereocenters. The molecule has 0 aliphatic rings. The van der Waals surface area contributed by atoms with Crippen molar-refractivity contribution >= 4 is 0 Å². The van der Waals surface area contributed by atoms with E-state index in [1.165, 1.54) is 12.1 Å². The first-order chi connectivity index (χ1) is 9.89. The molecule has 0 spiro atoms. The summed E-state index contributed by atoms with van der Waals surface area (Å²) in [7, 11) is 0. The fraction of sp³-hybridized carbons (Fsp3) is 0.133. The molecule has 0 unspecified atom stereocenters. The Morgan fingerprint density at radius 2 is 1.62 bits per heavy atom. The number of alkyl halides is 3. The summed E-state index contributed by atoms with van der Waals surface area (Å²) in [5, 5.41) is 9.07. The lowest BCUT2D eigenvalue weighted by Crippen LogP contribution is -2.16. The third-order valence-corrected chi connectivity index (χ3v) is 2.63. The highest BCUT2D eigenvalue weighted by molar-refractivity contribution is 5.50. The van der Waals surface area contributed by atoms with Crippen molar-refractivity contribution in [1.29, 1.82) is 5.26 Å². The molecule has 2 aromatic rings. The van der Waals surface area contributed by atoms with E-state index in [0.717, 1.165) is 17.7 Å². The second-order valence-corrected chi connectivity index (χ2v) is 4.18. The number of nitrogens with zero attached hydrogens (tertiary/aromatic N) is 1. The number of aryl methyl sites for hydroxylation is 1. The molecule has 0 heterocycles. The van der Waals surface area contributed by atoms with Gasteiger partial charge in [0.2, 0.25) is 0 Å². The van der Waals surface area contributed by atoms with Gasteiger partial charge >= 0.3 is 6.36 Å². The van der Waals surface area contributed by atoms with Crippen molar-refractivity contribution < 1.29 is 22.6 Å². The molecular formula is C15H10F3NO2. The van der Waals surface area contributed by atoms with Gasteiger partial charge < -0.3 is 9.47 Å². The predicted molar refractivity (Wildman–Crippen MR) is 69.1 cm³/mol. The van der Waals surface area contributed by atoms with Gasteiger partial charge in [0.15, 0.2) is 0 Å². The quantitative estimate of drug-likeness (QED) is 0.833. The third kappa shape index (κ3) is 3.89. The van der Waals surface area contributed by atoms with E-state index in [4.69, 9.17) is 10.00 Å². The Hall–Kier alpha value is -2.68. The highest BCUT2D eigenvalue weighted by atomic mass is 19.4. The smallest absolute Gasteiger partial charge is 0.456 e. The van der Waals surface area contributed by atoms with Gasteiger partial charge in [-0.1, -0.05) is 12.1 Å². The fourth-order valence-electron chi connectivity index (χ4n) is 1.71. The van der Waals surface area contributed by atoms with Gasteiger partial charge in [-0.15, -0.1) is 13.2 Å². The van der Waals surface area contributed by atoms with E-state index in [1.807, 2.05) is 6.07 Å². The van der Waals surface area contributed by atoms with Crippen LogP contribution in [0, 0.1) is 18.3 Å². The molecule has 0 amide bonds. The number of benzene rings is 2. The lowest BCUT2D eigenvalue weighted by molar-refractivity contribution is -0.274. The second-order valence-electron chi connectivity index (χ2n) is 4.18. The standard InChI is InChI=1S/C15H10F3NO2/c1-10-3-2-4-14(13(10)9-19)20-11-5-7-12(8-6-11)21-15(16,17)18/h2-8H,1H3.